The minimum atomic E-state index is -0.215. The number of nitrogens with one attached hydrogen (secondary N) is 1. The fourth-order valence-corrected chi connectivity index (χ4v) is 3.55. The highest BCUT2D eigenvalue weighted by Gasteiger charge is 2.19. The highest BCUT2D eigenvalue weighted by molar-refractivity contribution is 6.01. The van der Waals surface area contributed by atoms with E-state index >= 15 is 0 Å². The molecule has 0 aliphatic rings. The monoisotopic (exact) mass is 433 g/mol. The van der Waals surface area contributed by atoms with Crippen LogP contribution in [-0.2, 0) is 4.74 Å². The summed E-state index contributed by atoms with van der Waals surface area (Å²) in [6.07, 6.45) is 6.33. The molecule has 1 aromatic carbocycles. The molecule has 9 heteroatoms. The fraction of sp³-hybridized carbons (Fsp3) is 0.304. The fourth-order valence-electron chi connectivity index (χ4n) is 3.55. The summed E-state index contributed by atoms with van der Waals surface area (Å²) in [6, 6.07) is 11.8. The number of hydrogen-bond donors (Lipinski definition) is 2. The third-order valence-electron chi connectivity index (χ3n) is 5.45. The lowest BCUT2D eigenvalue weighted by molar-refractivity contribution is 0.0940. The zero-order valence-electron chi connectivity index (χ0n) is 18.4. The lowest BCUT2D eigenvalue weighted by Crippen LogP contribution is -2.32. The number of aromatic nitrogens is 5. The zero-order chi connectivity index (χ0) is 22.7. The van der Waals surface area contributed by atoms with E-state index in [1.165, 1.54) is 4.52 Å². The summed E-state index contributed by atoms with van der Waals surface area (Å²) in [5, 5.41) is 11.8. The van der Waals surface area contributed by atoms with E-state index in [1.54, 1.807) is 25.6 Å². The van der Waals surface area contributed by atoms with E-state index in [0.717, 1.165) is 23.1 Å². The van der Waals surface area contributed by atoms with Crippen LogP contribution in [0.2, 0.25) is 0 Å². The molecule has 3 aromatic heterocycles. The van der Waals surface area contributed by atoms with Gasteiger partial charge >= 0.3 is 0 Å². The number of benzene rings is 1. The molecule has 32 heavy (non-hydrogen) atoms. The molecule has 3 N–H and O–H groups in total. The number of carbonyl (C=O) groups is 1. The largest absolute Gasteiger partial charge is 0.382 e. The Kier molecular flexibility index (Phi) is 6.18. The van der Waals surface area contributed by atoms with E-state index in [4.69, 9.17) is 10.5 Å². The van der Waals surface area contributed by atoms with Gasteiger partial charge in [-0.15, -0.1) is 5.10 Å². The molecule has 0 saturated carbocycles. The molecule has 0 fully saturated rings. The van der Waals surface area contributed by atoms with Gasteiger partial charge in [-0.3, -0.25) is 9.48 Å². The summed E-state index contributed by atoms with van der Waals surface area (Å²) in [7, 11) is 1.67. The Morgan fingerprint density at radius 2 is 2.00 bits per heavy atom. The van der Waals surface area contributed by atoms with Crippen molar-refractivity contribution in [3.8, 4) is 11.1 Å². The molecular weight excluding hydrogens is 406 g/mol. The van der Waals surface area contributed by atoms with Crippen LogP contribution < -0.4 is 11.1 Å². The summed E-state index contributed by atoms with van der Waals surface area (Å²) in [5.74, 6) is -0.104. The van der Waals surface area contributed by atoms with Crippen molar-refractivity contribution in [3.05, 3.63) is 66.1 Å². The molecule has 1 amide bonds. The Morgan fingerprint density at radius 3 is 2.72 bits per heavy atom. The standard InChI is InChI=1S/C23H27N7O2/c1-4-15(2)26-22(31)19-10-17(12-30-21(19)27-23(24)28-30)18-11-25-29(13-18)20(14-32-3)16-8-6-5-7-9-16/h5-13,15,20H,4,14H2,1-3H3,(H2,24,28)(H,26,31). The Balaban J connectivity index is 1.74. The minimum Gasteiger partial charge on any atom is -0.382 e. The van der Waals surface area contributed by atoms with Gasteiger partial charge in [-0.05, 0) is 25.0 Å². The number of fused-ring (bicyclic) bond motifs is 1. The van der Waals surface area contributed by atoms with E-state index in [0.29, 0.717) is 17.8 Å². The number of pyridine rings is 1. The molecular formula is C23H27N7O2. The van der Waals surface area contributed by atoms with Crippen LogP contribution in [0.1, 0.15) is 42.2 Å². The lowest BCUT2D eigenvalue weighted by Gasteiger charge is -2.17. The van der Waals surface area contributed by atoms with Gasteiger partial charge in [0.05, 0.1) is 18.4 Å². The van der Waals surface area contributed by atoms with Crippen LogP contribution in [0.25, 0.3) is 16.8 Å². The molecule has 166 valence electrons. The van der Waals surface area contributed by atoms with Crippen LogP contribution in [0.15, 0.2) is 55.0 Å². The number of rotatable bonds is 8. The van der Waals surface area contributed by atoms with Crippen molar-refractivity contribution in [2.24, 2.45) is 0 Å². The Hall–Kier alpha value is -3.72. The van der Waals surface area contributed by atoms with Gasteiger partial charge in [0, 0.05) is 36.7 Å². The summed E-state index contributed by atoms with van der Waals surface area (Å²) in [4.78, 5) is 17.2. The van der Waals surface area contributed by atoms with Crippen molar-refractivity contribution in [3.63, 3.8) is 0 Å². The molecule has 2 atom stereocenters. The number of carbonyl (C=O) groups excluding carboxylic acids is 1. The molecule has 0 saturated heterocycles. The summed E-state index contributed by atoms with van der Waals surface area (Å²) < 4.78 is 8.84. The number of nitrogen functional groups attached to an aromatic ring is 1. The van der Waals surface area contributed by atoms with Gasteiger partial charge in [-0.2, -0.15) is 10.1 Å². The molecule has 9 nitrogen and oxygen atoms in total. The van der Waals surface area contributed by atoms with Gasteiger partial charge in [0.1, 0.15) is 6.04 Å². The lowest BCUT2D eigenvalue weighted by atomic mass is 10.1. The molecule has 2 unspecified atom stereocenters. The summed E-state index contributed by atoms with van der Waals surface area (Å²) >= 11 is 0. The number of ether oxygens (including phenoxy) is 1. The average molecular weight is 434 g/mol. The molecule has 0 aliphatic heterocycles. The topological polar surface area (TPSA) is 112 Å². The predicted octanol–water partition coefficient (Wildman–Crippen LogP) is 2.94. The second-order valence-corrected chi connectivity index (χ2v) is 7.75. The molecule has 0 radical (unpaired) electrons. The average Bonchev–Trinajstić information content (AvgIpc) is 3.43. The molecule has 0 aliphatic carbocycles. The first-order chi connectivity index (χ1) is 15.5. The molecule has 3 heterocycles. The van der Waals surface area contributed by atoms with Crippen LogP contribution >= 0.6 is 0 Å². The normalized spacial score (nSPS) is 13.2. The van der Waals surface area contributed by atoms with Crippen molar-refractivity contribution in [2.45, 2.75) is 32.4 Å². The van der Waals surface area contributed by atoms with Gasteiger partial charge < -0.3 is 15.8 Å². The van der Waals surface area contributed by atoms with Gasteiger partial charge in [0.25, 0.3) is 5.91 Å². The van der Waals surface area contributed by atoms with Gasteiger partial charge in [0.2, 0.25) is 5.95 Å². The van der Waals surface area contributed by atoms with E-state index in [-0.39, 0.29) is 23.9 Å². The Bertz CT molecular complexity index is 1220. The number of nitrogens with two attached hydrogens (primary N) is 1. The summed E-state index contributed by atoms with van der Waals surface area (Å²) in [5.41, 5.74) is 9.37. The maximum absolute atomic E-state index is 12.9. The SMILES string of the molecule is CCC(C)NC(=O)c1cc(-c2cnn(C(COC)c3ccccc3)c2)cn2nc(N)nc12. The third-order valence-corrected chi connectivity index (χ3v) is 5.45. The van der Waals surface area contributed by atoms with Gasteiger partial charge in [-0.1, -0.05) is 37.3 Å². The second-order valence-electron chi connectivity index (χ2n) is 7.75. The molecule has 4 rings (SSSR count). The van der Waals surface area contributed by atoms with Crippen molar-refractivity contribution in [2.75, 3.05) is 19.5 Å². The van der Waals surface area contributed by atoms with Crippen LogP contribution in [0.3, 0.4) is 0 Å². The highest BCUT2D eigenvalue weighted by atomic mass is 16.5. The zero-order valence-corrected chi connectivity index (χ0v) is 18.4. The van der Waals surface area contributed by atoms with E-state index in [1.807, 2.05) is 55.1 Å². The quantitative estimate of drug-likeness (QED) is 0.442. The molecule has 0 spiro atoms. The van der Waals surface area contributed by atoms with Crippen LogP contribution in [0.5, 0.6) is 0 Å². The Labute approximate surface area is 186 Å². The van der Waals surface area contributed by atoms with Crippen molar-refractivity contribution >= 4 is 17.5 Å². The van der Waals surface area contributed by atoms with Gasteiger partial charge in [0.15, 0.2) is 5.65 Å². The number of hydrogen-bond acceptors (Lipinski definition) is 6. The number of anilines is 1. The first kappa shape index (κ1) is 21.5. The van der Waals surface area contributed by atoms with Gasteiger partial charge in [-0.25, -0.2) is 4.52 Å². The van der Waals surface area contributed by atoms with Crippen molar-refractivity contribution in [1.82, 2.24) is 29.7 Å². The highest BCUT2D eigenvalue weighted by Crippen LogP contribution is 2.26. The van der Waals surface area contributed by atoms with Crippen LogP contribution in [0, 0.1) is 0 Å². The predicted molar refractivity (Wildman–Crippen MR) is 122 cm³/mol. The first-order valence-electron chi connectivity index (χ1n) is 10.5. The van der Waals surface area contributed by atoms with E-state index in [2.05, 4.69) is 20.5 Å². The summed E-state index contributed by atoms with van der Waals surface area (Å²) in [6.45, 7) is 4.45. The molecule has 0 bridgehead atoms. The Morgan fingerprint density at radius 1 is 1.22 bits per heavy atom. The van der Waals surface area contributed by atoms with Crippen LogP contribution in [0.4, 0.5) is 5.95 Å². The van der Waals surface area contributed by atoms with E-state index in [9.17, 15) is 4.79 Å². The number of amides is 1. The smallest absolute Gasteiger partial charge is 0.255 e. The molecule has 4 aromatic rings. The van der Waals surface area contributed by atoms with Crippen molar-refractivity contribution < 1.29 is 9.53 Å². The second kappa shape index (κ2) is 9.19. The van der Waals surface area contributed by atoms with Crippen molar-refractivity contribution in [1.29, 1.82) is 0 Å². The minimum absolute atomic E-state index is 0.0369. The van der Waals surface area contributed by atoms with Crippen LogP contribution in [-0.4, -0.2) is 50.0 Å². The van der Waals surface area contributed by atoms with E-state index < -0.39 is 0 Å². The number of methoxy groups -OCH3 is 1. The maximum Gasteiger partial charge on any atom is 0.255 e. The third kappa shape index (κ3) is 4.33. The maximum atomic E-state index is 12.9. The first-order valence-corrected chi connectivity index (χ1v) is 10.5. The number of nitrogens with zero attached hydrogens (tertiary/aromatic N) is 5.